The molecule has 0 saturated heterocycles. The number of ketones is 1. The first-order valence-corrected chi connectivity index (χ1v) is 7.78. The van der Waals surface area contributed by atoms with E-state index >= 15 is 0 Å². The summed E-state index contributed by atoms with van der Waals surface area (Å²) in [5.74, 6) is 0.303. The van der Waals surface area contributed by atoms with Gasteiger partial charge in [0.2, 0.25) is 0 Å². The lowest BCUT2D eigenvalue weighted by atomic mass is 10.1. The van der Waals surface area contributed by atoms with Gasteiger partial charge < -0.3 is 16.4 Å². The maximum atomic E-state index is 12.2. The second-order valence-corrected chi connectivity index (χ2v) is 6.85. The number of hydrogen-bond donors (Lipinski definition) is 2. The Morgan fingerprint density at radius 3 is 2.45 bits per heavy atom. The van der Waals surface area contributed by atoms with Crippen LogP contribution in [-0.2, 0) is 0 Å². The fourth-order valence-electron chi connectivity index (χ4n) is 2.42. The van der Waals surface area contributed by atoms with Crippen LogP contribution in [0.1, 0.15) is 45.7 Å². The van der Waals surface area contributed by atoms with E-state index in [-0.39, 0.29) is 17.4 Å². The van der Waals surface area contributed by atoms with Gasteiger partial charge in [0.1, 0.15) is 5.00 Å². The average Bonchev–Trinajstić information content (AvgIpc) is 3.26. The van der Waals surface area contributed by atoms with Crippen molar-refractivity contribution in [1.29, 1.82) is 0 Å². The molecule has 0 atom stereocenters. The van der Waals surface area contributed by atoms with Crippen molar-refractivity contribution in [2.24, 2.45) is 17.6 Å². The topological polar surface area (TPSA) is 89.4 Å². The van der Waals surface area contributed by atoms with E-state index in [1.807, 2.05) is 11.9 Å². The standard InChI is InChI=1S/C14H19N3O2S/c1-17(6-7-2-3-7)14-9(13(16)19)10(15)12(20-14)11(18)8-4-5-8/h7-8H,2-6,15H2,1H3,(H2,16,19). The minimum Gasteiger partial charge on any atom is -0.397 e. The van der Waals surface area contributed by atoms with Gasteiger partial charge in [-0.3, -0.25) is 9.59 Å². The second kappa shape index (κ2) is 4.77. The summed E-state index contributed by atoms with van der Waals surface area (Å²) in [6, 6.07) is 0. The smallest absolute Gasteiger partial charge is 0.253 e. The number of rotatable bonds is 6. The van der Waals surface area contributed by atoms with Gasteiger partial charge in [0, 0.05) is 19.5 Å². The van der Waals surface area contributed by atoms with Crippen molar-refractivity contribution < 1.29 is 9.59 Å². The highest BCUT2D eigenvalue weighted by atomic mass is 32.1. The fraction of sp³-hybridized carbons (Fsp3) is 0.571. The molecule has 2 aliphatic rings. The van der Waals surface area contributed by atoms with Crippen molar-refractivity contribution in [2.75, 3.05) is 24.2 Å². The Labute approximate surface area is 121 Å². The molecule has 1 aromatic heterocycles. The molecule has 1 aromatic rings. The van der Waals surface area contributed by atoms with Crippen LogP contribution < -0.4 is 16.4 Å². The Bertz CT molecular complexity index is 573. The molecule has 0 aromatic carbocycles. The maximum absolute atomic E-state index is 12.2. The molecule has 20 heavy (non-hydrogen) atoms. The predicted molar refractivity (Wildman–Crippen MR) is 80.3 cm³/mol. The van der Waals surface area contributed by atoms with Crippen LogP contribution in [0.2, 0.25) is 0 Å². The van der Waals surface area contributed by atoms with Crippen LogP contribution in [0.15, 0.2) is 0 Å². The Morgan fingerprint density at radius 1 is 1.30 bits per heavy atom. The van der Waals surface area contributed by atoms with Crippen LogP contribution in [0, 0.1) is 11.8 Å². The van der Waals surface area contributed by atoms with E-state index in [0.29, 0.717) is 16.4 Å². The SMILES string of the molecule is CN(CC1CC1)c1sc(C(=O)C2CC2)c(N)c1C(N)=O. The highest BCUT2D eigenvalue weighted by Gasteiger charge is 2.35. The number of amides is 1. The van der Waals surface area contributed by atoms with Gasteiger partial charge in [-0.05, 0) is 31.6 Å². The normalized spacial score (nSPS) is 18.1. The molecule has 5 nitrogen and oxygen atoms in total. The van der Waals surface area contributed by atoms with E-state index in [1.165, 1.54) is 24.2 Å². The third kappa shape index (κ3) is 2.40. The number of nitrogen functional groups attached to an aromatic ring is 1. The lowest BCUT2D eigenvalue weighted by molar-refractivity contribution is 0.0972. The molecule has 1 amide bonds. The number of Topliss-reactive ketones (excluding diaryl/α,β-unsaturated/α-hetero) is 1. The number of hydrogen-bond acceptors (Lipinski definition) is 5. The molecule has 6 heteroatoms. The highest BCUT2D eigenvalue weighted by Crippen LogP contribution is 2.43. The largest absolute Gasteiger partial charge is 0.397 e. The lowest BCUT2D eigenvalue weighted by Crippen LogP contribution is -2.23. The van der Waals surface area contributed by atoms with E-state index in [9.17, 15) is 9.59 Å². The zero-order valence-corrected chi connectivity index (χ0v) is 12.3. The lowest BCUT2D eigenvalue weighted by Gasteiger charge is -2.18. The number of anilines is 2. The minimum atomic E-state index is -0.550. The highest BCUT2D eigenvalue weighted by molar-refractivity contribution is 7.19. The van der Waals surface area contributed by atoms with Gasteiger partial charge in [-0.1, -0.05) is 0 Å². The van der Waals surface area contributed by atoms with E-state index < -0.39 is 5.91 Å². The van der Waals surface area contributed by atoms with Crippen molar-refractivity contribution in [3.63, 3.8) is 0 Å². The van der Waals surface area contributed by atoms with Gasteiger partial charge in [-0.15, -0.1) is 11.3 Å². The summed E-state index contributed by atoms with van der Waals surface area (Å²) in [6.07, 6.45) is 4.31. The summed E-state index contributed by atoms with van der Waals surface area (Å²) in [6.45, 7) is 0.886. The van der Waals surface area contributed by atoms with E-state index in [2.05, 4.69) is 0 Å². The van der Waals surface area contributed by atoms with Crippen LogP contribution >= 0.6 is 11.3 Å². The van der Waals surface area contributed by atoms with Crippen molar-refractivity contribution in [3.8, 4) is 0 Å². The van der Waals surface area contributed by atoms with Crippen LogP contribution in [0.4, 0.5) is 10.7 Å². The molecule has 0 unspecified atom stereocenters. The molecule has 0 spiro atoms. The summed E-state index contributed by atoms with van der Waals surface area (Å²) in [4.78, 5) is 26.4. The maximum Gasteiger partial charge on any atom is 0.253 e. The van der Waals surface area contributed by atoms with Gasteiger partial charge in [-0.25, -0.2) is 0 Å². The number of carbonyl (C=O) groups excluding carboxylic acids is 2. The van der Waals surface area contributed by atoms with E-state index in [0.717, 1.165) is 24.4 Å². The van der Waals surface area contributed by atoms with Crippen molar-refractivity contribution in [3.05, 3.63) is 10.4 Å². The minimum absolute atomic E-state index is 0.0704. The molecule has 2 aliphatic carbocycles. The van der Waals surface area contributed by atoms with Crippen molar-refractivity contribution in [2.45, 2.75) is 25.7 Å². The zero-order valence-electron chi connectivity index (χ0n) is 11.5. The number of carbonyl (C=O) groups is 2. The summed E-state index contributed by atoms with van der Waals surface area (Å²) < 4.78 is 0. The molecule has 0 bridgehead atoms. The number of primary amides is 1. The molecule has 0 radical (unpaired) electrons. The van der Waals surface area contributed by atoms with Gasteiger partial charge in [0.05, 0.1) is 16.1 Å². The van der Waals surface area contributed by atoms with Crippen LogP contribution in [0.5, 0.6) is 0 Å². The summed E-state index contributed by atoms with van der Waals surface area (Å²) >= 11 is 1.32. The molecule has 4 N–H and O–H groups in total. The number of thiophene rings is 1. The van der Waals surface area contributed by atoms with Crippen molar-refractivity contribution in [1.82, 2.24) is 0 Å². The molecular formula is C14H19N3O2S. The van der Waals surface area contributed by atoms with Gasteiger partial charge in [0.15, 0.2) is 5.78 Å². The third-order valence-corrected chi connectivity index (χ3v) is 5.25. The molecule has 1 heterocycles. The Kier molecular flexibility index (Phi) is 3.20. The van der Waals surface area contributed by atoms with Gasteiger partial charge in [-0.2, -0.15) is 0 Å². The summed E-state index contributed by atoms with van der Waals surface area (Å²) in [5.41, 5.74) is 12.1. The van der Waals surface area contributed by atoms with Crippen molar-refractivity contribution >= 4 is 33.7 Å². The predicted octanol–water partition coefficient (Wildman–Crippen LogP) is 1.87. The Balaban J connectivity index is 1.95. The Morgan fingerprint density at radius 2 is 1.95 bits per heavy atom. The Hall–Kier alpha value is -1.56. The van der Waals surface area contributed by atoms with Crippen LogP contribution in [-0.4, -0.2) is 25.3 Å². The first kappa shape index (κ1) is 13.4. The average molecular weight is 293 g/mol. The first-order chi connectivity index (χ1) is 9.49. The van der Waals surface area contributed by atoms with Crippen LogP contribution in [0.3, 0.4) is 0 Å². The van der Waals surface area contributed by atoms with Gasteiger partial charge >= 0.3 is 0 Å². The number of nitrogens with two attached hydrogens (primary N) is 2. The van der Waals surface area contributed by atoms with E-state index in [1.54, 1.807) is 0 Å². The molecule has 108 valence electrons. The number of nitrogens with zero attached hydrogens (tertiary/aromatic N) is 1. The molecule has 2 saturated carbocycles. The molecule has 3 rings (SSSR count). The first-order valence-electron chi connectivity index (χ1n) is 6.96. The second-order valence-electron chi connectivity index (χ2n) is 5.85. The van der Waals surface area contributed by atoms with Gasteiger partial charge in [0.25, 0.3) is 5.91 Å². The van der Waals surface area contributed by atoms with E-state index in [4.69, 9.17) is 11.5 Å². The van der Waals surface area contributed by atoms with Crippen LogP contribution in [0.25, 0.3) is 0 Å². The molecule has 0 aliphatic heterocycles. The fourth-order valence-corrected chi connectivity index (χ4v) is 3.64. The monoisotopic (exact) mass is 293 g/mol. The third-order valence-electron chi connectivity index (χ3n) is 3.92. The summed E-state index contributed by atoms with van der Waals surface area (Å²) in [5, 5.41) is 0.742. The summed E-state index contributed by atoms with van der Waals surface area (Å²) in [7, 11) is 1.93. The quantitative estimate of drug-likeness (QED) is 0.783. The molecule has 2 fully saturated rings. The molecular weight excluding hydrogens is 274 g/mol. The zero-order chi connectivity index (χ0) is 14.4.